The van der Waals surface area contributed by atoms with Crippen LogP contribution in [-0.2, 0) is 6.54 Å². The highest BCUT2D eigenvalue weighted by Crippen LogP contribution is 2.09. The molecule has 0 bridgehead atoms. The molecule has 0 unspecified atom stereocenters. The smallest absolute Gasteiger partial charge is 0.213 e. The van der Waals surface area contributed by atoms with Crippen molar-refractivity contribution in [3.05, 3.63) is 54.7 Å². The quantitative estimate of drug-likeness (QED) is 0.827. The zero-order valence-corrected chi connectivity index (χ0v) is 8.89. The number of nitrogens with zero attached hydrogens (tertiary/aromatic N) is 2. The zero-order valence-electron chi connectivity index (χ0n) is 8.89. The molecule has 4 nitrogen and oxygen atoms in total. The van der Waals surface area contributed by atoms with Crippen LogP contribution in [-0.4, -0.2) is 16.7 Å². The topological polar surface area (TPSA) is 51.0 Å². The third-order valence-corrected chi connectivity index (χ3v) is 2.21. The molecule has 0 amide bonds. The van der Waals surface area contributed by atoms with Crippen molar-refractivity contribution >= 4 is 5.57 Å². The molecule has 82 valence electrons. The Balaban J connectivity index is 1.81. The summed E-state index contributed by atoms with van der Waals surface area (Å²) in [6.07, 6.45) is 1.32. The fourth-order valence-electron chi connectivity index (χ4n) is 1.37. The summed E-state index contributed by atoms with van der Waals surface area (Å²) >= 11 is 0. The molecule has 4 heteroatoms. The van der Waals surface area contributed by atoms with Gasteiger partial charge in [-0.05, 0) is 11.1 Å². The molecular formula is C12H13N3O. The Morgan fingerprint density at radius 2 is 2.12 bits per heavy atom. The van der Waals surface area contributed by atoms with Gasteiger partial charge < -0.3 is 9.84 Å². The van der Waals surface area contributed by atoms with Gasteiger partial charge in [-0.2, -0.15) is 4.98 Å². The lowest BCUT2D eigenvalue weighted by Crippen LogP contribution is -2.16. The number of rotatable bonds is 5. The number of nitrogens with one attached hydrogen (secondary N) is 1. The van der Waals surface area contributed by atoms with Crippen LogP contribution >= 0.6 is 0 Å². The molecule has 1 heterocycles. The van der Waals surface area contributed by atoms with Gasteiger partial charge in [-0.15, -0.1) is 0 Å². The first-order valence-electron chi connectivity index (χ1n) is 5.05. The molecule has 0 saturated heterocycles. The van der Waals surface area contributed by atoms with E-state index in [0.29, 0.717) is 18.9 Å². The van der Waals surface area contributed by atoms with Crippen molar-refractivity contribution in [1.29, 1.82) is 0 Å². The van der Waals surface area contributed by atoms with Gasteiger partial charge in [-0.3, -0.25) is 0 Å². The second-order valence-corrected chi connectivity index (χ2v) is 3.42. The lowest BCUT2D eigenvalue weighted by Gasteiger charge is -2.05. The first-order valence-corrected chi connectivity index (χ1v) is 5.05. The van der Waals surface area contributed by atoms with Gasteiger partial charge in [0.25, 0.3) is 0 Å². The summed E-state index contributed by atoms with van der Waals surface area (Å²) < 4.78 is 4.63. The first kappa shape index (κ1) is 10.6. The van der Waals surface area contributed by atoms with Crippen LogP contribution in [0.25, 0.3) is 5.57 Å². The fourth-order valence-corrected chi connectivity index (χ4v) is 1.37. The third kappa shape index (κ3) is 2.77. The Kier molecular flexibility index (Phi) is 3.46. The van der Waals surface area contributed by atoms with Crippen molar-refractivity contribution in [2.45, 2.75) is 6.54 Å². The van der Waals surface area contributed by atoms with Gasteiger partial charge in [0.2, 0.25) is 6.39 Å². The number of aromatic nitrogens is 2. The lowest BCUT2D eigenvalue weighted by atomic mass is 10.1. The second kappa shape index (κ2) is 5.23. The van der Waals surface area contributed by atoms with Gasteiger partial charge >= 0.3 is 0 Å². The maximum Gasteiger partial charge on any atom is 0.213 e. The van der Waals surface area contributed by atoms with Crippen LogP contribution in [0.2, 0.25) is 0 Å². The van der Waals surface area contributed by atoms with Crippen molar-refractivity contribution in [3.63, 3.8) is 0 Å². The second-order valence-electron chi connectivity index (χ2n) is 3.42. The monoisotopic (exact) mass is 215 g/mol. The molecule has 0 radical (unpaired) electrons. The number of hydrogen-bond acceptors (Lipinski definition) is 4. The van der Waals surface area contributed by atoms with Gasteiger partial charge in [0.05, 0.1) is 6.54 Å². The van der Waals surface area contributed by atoms with Gasteiger partial charge in [0.1, 0.15) is 0 Å². The van der Waals surface area contributed by atoms with Crippen molar-refractivity contribution in [2.24, 2.45) is 0 Å². The largest absolute Gasteiger partial charge is 0.343 e. The Hall–Kier alpha value is -1.94. The van der Waals surface area contributed by atoms with E-state index in [0.717, 1.165) is 11.1 Å². The van der Waals surface area contributed by atoms with Gasteiger partial charge in [0.15, 0.2) is 5.82 Å². The van der Waals surface area contributed by atoms with E-state index >= 15 is 0 Å². The molecule has 0 aliphatic carbocycles. The molecule has 0 fully saturated rings. The highest BCUT2D eigenvalue weighted by molar-refractivity contribution is 5.64. The average molecular weight is 215 g/mol. The molecule has 0 atom stereocenters. The Bertz CT molecular complexity index is 437. The van der Waals surface area contributed by atoms with E-state index in [-0.39, 0.29) is 0 Å². The lowest BCUT2D eigenvalue weighted by molar-refractivity contribution is 0.408. The van der Waals surface area contributed by atoms with Crippen molar-refractivity contribution < 1.29 is 4.52 Å². The van der Waals surface area contributed by atoms with Crippen LogP contribution in [0.5, 0.6) is 0 Å². The van der Waals surface area contributed by atoms with Crippen molar-refractivity contribution in [3.8, 4) is 0 Å². The molecule has 1 N–H and O–H groups in total. The summed E-state index contributed by atoms with van der Waals surface area (Å²) in [5, 5.41) is 6.91. The molecule has 0 saturated carbocycles. The minimum Gasteiger partial charge on any atom is -0.343 e. The minimum absolute atomic E-state index is 0.586. The molecule has 1 aromatic carbocycles. The standard InChI is InChI=1S/C12H13N3O/c1-10(11-5-3-2-4-6-11)7-13-8-12-14-9-16-15-12/h2-6,9,13H,1,7-8H2. The van der Waals surface area contributed by atoms with Crippen LogP contribution in [0.1, 0.15) is 11.4 Å². The van der Waals surface area contributed by atoms with Crippen LogP contribution in [0.4, 0.5) is 0 Å². The molecular weight excluding hydrogens is 202 g/mol. The molecule has 0 aliphatic rings. The van der Waals surface area contributed by atoms with Crippen LogP contribution in [0.15, 0.2) is 47.8 Å². The summed E-state index contributed by atoms with van der Waals surface area (Å²) in [6, 6.07) is 10.1. The summed E-state index contributed by atoms with van der Waals surface area (Å²) in [7, 11) is 0. The Morgan fingerprint density at radius 3 is 2.81 bits per heavy atom. The minimum atomic E-state index is 0.586. The molecule has 16 heavy (non-hydrogen) atoms. The van der Waals surface area contributed by atoms with Crippen molar-refractivity contribution in [1.82, 2.24) is 15.5 Å². The first-order chi connectivity index (χ1) is 7.86. The van der Waals surface area contributed by atoms with E-state index < -0.39 is 0 Å². The molecule has 2 aromatic rings. The normalized spacial score (nSPS) is 10.2. The molecule has 2 rings (SSSR count). The maximum atomic E-state index is 4.63. The third-order valence-electron chi connectivity index (χ3n) is 2.21. The molecule has 0 spiro atoms. The molecule has 0 aliphatic heterocycles. The van der Waals surface area contributed by atoms with Gasteiger partial charge in [-0.1, -0.05) is 42.1 Å². The summed E-state index contributed by atoms with van der Waals surface area (Å²) in [4.78, 5) is 3.92. The van der Waals surface area contributed by atoms with E-state index in [1.54, 1.807) is 0 Å². The maximum absolute atomic E-state index is 4.63. The van der Waals surface area contributed by atoms with E-state index in [2.05, 4.69) is 26.6 Å². The van der Waals surface area contributed by atoms with Crippen molar-refractivity contribution in [2.75, 3.05) is 6.54 Å². The van der Waals surface area contributed by atoms with E-state index in [1.807, 2.05) is 30.3 Å². The van der Waals surface area contributed by atoms with Gasteiger partial charge in [-0.25, -0.2) is 0 Å². The highest BCUT2D eigenvalue weighted by Gasteiger charge is 2.00. The Morgan fingerprint density at radius 1 is 1.31 bits per heavy atom. The van der Waals surface area contributed by atoms with E-state index in [9.17, 15) is 0 Å². The fraction of sp³-hybridized carbons (Fsp3) is 0.167. The molecule has 1 aromatic heterocycles. The van der Waals surface area contributed by atoms with E-state index in [4.69, 9.17) is 0 Å². The highest BCUT2D eigenvalue weighted by atomic mass is 16.5. The van der Waals surface area contributed by atoms with Crippen LogP contribution < -0.4 is 5.32 Å². The van der Waals surface area contributed by atoms with Gasteiger partial charge in [0, 0.05) is 6.54 Å². The SMILES string of the molecule is C=C(CNCc1ncon1)c1ccccc1. The average Bonchev–Trinajstić information content (AvgIpc) is 2.83. The zero-order chi connectivity index (χ0) is 11.2. The van der Waals surface area contributed by atoms with E-state index in [1.165, 1.54) is 6.39 Å². The predicted molar refractivity (Wildman–Crippen MR) is 61.5 cm³/mol. The van der Waals surface area contributed by atoms with Crippen LogP contribution in [0.3, 0.4) is 0 Å². The summed E-state index contributed by atoms with van der Waals surface area (Å²) in [5.41, 5.74) is 2.19. The number of benzene rings is 1. The summed E-state index contributed by atoms with van der Waals surface area (Å²) in [5.74, 6) is 0.654. The van der Waals surface area contributed by atoms with Crippen LogP contribution in [0, 0.1) is 0 Å². The summed E-state index contributed by atoms with van der Waals surface area (Å²) in [6.45, 7) is 5.31. The Labute approximate surface area is 94.0 Å². The number of hydrogen-bond donors (Lipinski definition) is 1. The predicted octanol–water partition coefficient (Wildman–Crippen LogP) is 1.87.